The summed E-state index contributed by atoms with van der Waals surface area (Å²) in [4.78, 5) is 55.0. The number of nitrogens with two attached hydrogens (primary N) is 1. The molecule has 0 aliphatic rings. The van der Waals surface area contributed by atoms with Crippen LogP contribution in [0.4, 0.5) is 0 Å². The topological polar surface area (TPSA) is 351 Å². The number of hydrogen-bond acceptors (Lipinski definition) is 19. The zero-order chi connectivity index (χ0) is 50.1. The second-order valence-electron chi connectivity index (χ2n) is 14.2. The number of carbonyl (C=O) groups excluding carboxylic acids is 4. The predicted molar refractivity (Wildman–Crippen MR) is 240 cm³/mol. The fourth-order valence-electron chi connectivity index (χ4n) is 5.13. The Balaban J connectivity index is 0.000000448. The fraction of sp³-hybridized carbons (Fsp3) is 0.383. The summed E-state index contributed by atoms with van der Waals surface area (Å²) in [6.45, 7) is 2.81. The molecule has 0 fully saturated rings. The predicted octanol–water partition coefficient (Wildman–Crippen LogP) is 4.52. The number of benzene rings is 4. The average Bonchev–Trinajstić information content (AvgIpc) is 3.30. The maximum Gasteiger partial charge on any atom is 0.306 e. The smallest absolute Gasteiger partial charge is 0.306 e. The molecule has 0 atom stereocenters. The first-order valence-electron chi connectivity index (χ1n) is 21.1. The van der Waals surface area contributed by atoms with E-state index in [1.54, 1.807) is 24.3 Å². The molecule has 0 bridgehead atoms. The van der Waals surface area contributed by atoms with E-state index in [1.165, 1.54) is 48.5 Å². The number of carboxylic acid groups (broad SMARTS) is 1. The van der Waals surface area contributed by atoms with Crippen molar-refractivity contribution in [2.45, 2.75) is 77.6 Å². The molecule has 0 unspecified atom stereocenters. The number of aryl methyl sites for hydroxylation is 4. The van der Waals surface area contributed by atoms with Crippen LogP contribution in [0.2, 0.25) is 0 Å². The maximum absolute atomic E-state index is 11.3. The first-order valence-corrected chi connectivity index (χ1v) is 21.1. The van der Waals surface area contributed by atoms with Crippen molar-refractivity contribution in [2.24, 2.45) is 5.73 Å². The number of aliphatic carboxylic acids is 1. The summed E-state index contributed by atoms with van der Waals surface area (Å²) in [6, 6.07) is 17.7. The van der Waals surface area contributed by atoms with Gasteiger partial charge in [-0.3, -0.25) is 24.0 Å². The highest BCUT2D eigenvalue weighted by Crippen LogP contribution is 2.28. The molecule has 4 rings (SSSR count). The number of carboxylic acids is 1. The Morgan fingerprint density at radius 1 is 0.433 bits per heavy atom. The molecular weight excluding hydrogens is 883 g/mol. The largest absolute Gasteiger partial charge is 0.504 e. The monoisotopic (exact) mass is 943 g/mol. The summed E-state index contributed by atoms with van der Waals surface area (Å²) < 4.78 is 19.2. The Morgan fingerprint density at radius 3 is 1.00 bits per heavy atom. The third-order valence-electron chi connectivity index (χ3n) is 8.63. The standard InChI is InChI=1S/C13H16O6.C12H16O4.C11H15NO4.C11H14O5/c14-10-5-3-9(8-11(10)15)4-6-13(18)19-7-1-2-12(16)17;1-2-7-16-12(15)6-4-9-3-5-10(13)11(14)8-9;2*12-5-6-16-11(15)4-2-8-1-3-9(13)10(14)7-8/h3,5,8,14-15H,1-2,4,6-7H2,(H,16,17);3,5,8,13-14H,2,4,6-7H2,1H3;1,3,7,13-14H,2,4-6,12H2;1,3,7,12-14H,2,4-6H2. The number of phenolic OH excluding ortho intramolecular Hbond substituents is 8. The number of ether oxygens (including phenoxy) is 4. The van der Waals surface area contributed by atoms with Gasteiger partial charge in [-0.2, -0.15) is 0 Å². The van der Waals surface area contributed by atoms with Gasteiger partial charge in [0.1, 0.15) is 13.2 Å². The van der Waals surface area contributed by atoms with E-state index >= 15 is 0 Å². The Kier molecular flexibility index (Phi) is 28.4. The van der Waals surface area contributed by atoms with Gasteiger partial charge in [-0.05, 0) is 109 Å². The summed E-state index contributed by atoms with van der Waals surface area (Å²) in [6.07, 6.45) is 3.64. The van der Waals surface area contributed by atoms with Crippen molar-refractivity contribution in [1.82, 2.24) is 0 Å². The zero-order valence-electron chi connectivity index (χ0n) is 37.2. The normalized spacial score (nSPS) is 10.1. The number of esters is 4. The van der Waals surface area contributed by atoms with E-state index in [4.69, 9.17) is 50.6 Å². The Labute approximate surface area is 387 Å². The highest BCUT2D eigenvalue weighted by atomic mass is 16.5. The van der Waals surface area contributed by atoms with E-state index in [0.717, 1.165) is 23.1 Å². The van der Waals surface area contributed by atoms with Gasteiger partial charge in [-0.25, -0.2) is 0 Å². The molecule has 4 aromatic carbocycles. The summed E-state index contributed by atoms with van der Waals surface area (Å²) in [7, 11) is 0. The number of rotatable bonds is 22. The van der Waals surface area contributed by atoms with Gasteiger partial charge < -0.3 is 75.7 Å². The fourth-order valence-corrected chi connectivity index (χ4v) is 5.13. The van der Waals surface area contributed by atoms with Crippen LogP contribution in [0.15, 0.2) is 72.8 Å². The van der Waals surface area contributed by atoms with Crippen LogP contribution in [-0.2, 0) is 68.6 Å². The molecule has 0 radical (unpaired) electrons. The van der Waals surface area contributed by atoms with E-state index in [1.807, 2.05) is 6.92 Å². The highest BCUT2D eigenvalue weighted by Gasteiger charge is 2.09. The molecule has 0 aliphatic carbocycles. The summed E-state index contributed by atoms with van der Waals surface area (Å²) in [5.41, 5.74) is 8.18. The van der Waals surface area contributed by atoms with Crippen LogP contribution in [0, 0.1) is 0 Å². The average molecular weight is 944 g/mol. The van der Waals surface area contributed by atoms with Gasteiger partial charge in [0.05, 0.1) is 19.8 Å². The van der Waals surface area contributed by atoms with Gasteiger partial charge in [-0.1, -0.05) is 31.2 Å². The number of phenols is 8. The summed E-state index contributed by atoms with van der Waals surface area (Å²) in [5, 5.41) is 90.1. The number of carbonyl (C=O) groups is 5. The van der Waals surface area contributed by atoms with Crippen molar-refractivity contribution in [3.05, 3.63) is 95.1 Å². The third kappa shape index (κ3) is 26.8. The molecule has 0 heterocycles. The van der Waals surface area contributed by atoms with Crippen molar-refractivity contribution in [3.8, 4) is 46.0 Å². The van der Waals surface area contributed by atoms with Gasteiger partial charge in [0.25, 0.3) is 0 Å². The molecular formula is C47H61NO19. The molecule has 0 saturated carbocycles. The molecule has 20 heteroatoms. The van der Waals surface area contributed by atoms with Crippen LogP contribution < -0.4 is 5.73 Å². The molecule has 0 aliphatic heterocycles. The van der Waals surface area contributed by atoms with Crippen LogP contribution in [-0.4, -0.2) is 120 Å². The first kappa shape index (κ1) is 57.6. The van der Waals surface area contributed by atoms with E-state index in [-0.39, 0.29) is 116 Å². The number of hydrogen-bond donors (Lipinski definition) is 11. The van der Waals surface area contributed by atoms with Crippen LogP contribution in [0.1, 0.15) is 74.1 Å². The zero-order valence-corrected chi connectivity index (χ0v) is 37.2. The molecule has 0 saturated heterocycles. The van der Waals surface area contributed by atoms with Crippen molar-refractivity contribution < 1.29 is 94.0 Å². The molecule has 368 valence electrons. The Hall–Kier alpha value is -7.45. The van der Waals surface area contributed by atoms with Gasteiger partial charge in [0.2, 0.25) is 0 Å². The number of aromatic hydroxyl groups is 8. The molecule has 12 N–H and O–H groups in total. The van der Waals surface area contributed by atoms with Crippen LogP contribution in [0.3, 0.4) is 0 Å². The van der Waals surface area contributed by atoms with E-state index in [2.05, 4.69) is 4.74 Å². The lowest BCUT2D eigenvalue weighted by atomic mass is 10.1. The van der Waals surface area contributed by atoms with Gasteiger partial charge >= 0.3 is 29.8 Å². The minimum absolute atomic E-state index is 0.000336. The Bertz CT molecular complexity index is 1970. The third-order valence-corrected chi connectivity index (χ3v) is 8.63. The molecule has 0 aromatic heterocycles. The SMILES string of the molecule is CCCOC(=O)CCc1ccc(O)c(O)c1.NCCOC(=O)CCc1ccc(O)c(O)c1.O=C(CCc1ccc(O)c(O)c1)OCCO.O=C(O)CCCOC(=O)CCc1ccc(O)c(O)c1. The van der Waals surface area contributed by atoms with Gasteiger partial charge in [0.15, 0.2) is 46.0 Å². The van der Waals surface area contributed by atoms with E-state index in [0.29, 0.717) is 50.8 Å². The van der Waals surface area contributed by atoms with Crippen molar-refractivity contribution in [1.29, 1.82) is 0 Å². The van der Waals surface area contributed by atoms with Gasteiger partial charge in [-0.15, -0.1) is 0 Å². The summed E-state index contributed by atoms with van der Waals surface area (Å²) >= 11 is 0. The molecule has 0 spiro atoms. The minimum Gasteiger partial charge on any atom is -0.504 e. The van der Waals surface area contributed by atoms with Crippen molar-refractivity contribution in [3.63, 3.8) is 0 Å². The van der Waals surface area contributed by atoms with Crippen molar-refractivity contribution >= 4 is 29.8 Å². The van der Waals surface area contributed by atoms with Crippen molar-refractivity contribution in [2.75, 3.05) is 39.6 Å². The molecule has 67 heavy (non-hydrogen) atoms. The Morgan fingerprint density at radius 2 is 0.731 bits per heavy atom. The second-order valence-corrected chi connectivity index (χ2v) is 14.2. The quantitative estimate of drug-likeness (QED) is 0.0223. The highest BCUT2D eigenvalue weighted by molar-refractivity contribution is 5.71. The number of aliphatic hydroxyl groups is 1. The lowest BCUT2D eigenvalue weighted by Crippen LogP contribution is -2.13. The van der Waals surface area contributed by atoms with Crippen LogP contribution >= 0.6 is 0 Å². The van der Waals surface area contributed by atoms with Crippen LogP contribution in [0.25, 0.3) is 0 Å². The first-order chi connectivity index (χ1) is 31.9. The maximum atomic E-state index is 11.3. The number of aliphatic hydroxyl groups excluding tert-OH is 1. The van der Waals surface area contributed by atoms with E-state index in [9.17, 15) is 44.4 Å². The lowest BCUT2D eigenvalue weighted by molar-refractivity contribution is -0.145. The molecule has 0 amide bonds. The lowest BCUT2D eigenvalue weighted by Gasteiger charge is -2.05. The second kappa shape index (κ2) is 33.1. The van der Waals surface area contributed by atoms with Gasteiger partial charge in [0, 0.05) is 38.6 Å². The van der Waals surface area contributed by atoms with E-state index < -0.39 is 17.9 Å². The molecule has 20 nitrogen and oxygen atoms in total. The minimum atomic E-state index is -0.921. The summed E-state index contributed by atoms with van der Waals surface area (Å²) in [5.74, 6) is -3.82. The molecule has 4 aromatic rings. The van der Waals surface area contributed by atoms with Crippen LogP contribution in [0.5, 0.6) is 46.0 Å².